The van der Waals surface area contributed by atoms with Crippen molar-refractivity contribution in [2.75, 3.05) is 13.1 Å². The summed E-state index contributed by atoms with van der Waals surface area (Å²) in [5, 5.41) is 0. The molecule has 0 spiro atoms. The molecule has 1 fully saturated rings. The molecule has 2 nitrogen and oxygen atoms in total. The van der Waals surface area contributed by atoms with E-state index in [9.17, 15) is 0 Å². The fraction of sp³-hybridized carbons (Fsp3) is 0.600. The van der Waals surface area contributed by atoms with Crippen LogP contribution in [0.3, 0.4) is 0 Å². The molecule has 2 N–H and O–H groups in total. The number of nitrogens with two attached hydrogens (primary N) is 1. The zero-order valence-corrected chi connectivity index (χ0v) is 11.0. The summed E-state index contributed by atoms with van der Waals surface area (Å²) in [6, 6.07) is 9.72. The Balaban J connectivity index is 1.95. The lowest BCUT2D eigenvalue weighted by Gasteiger charge is -2.24. The van der Waals surface area contributed by atoms with E-state index in [-0.39, 0.29) is 6.04 Å². The second kappa shape index (κ2) is 5.65. The Hall–Kier alpha value is -0.860. The third-order valence-corrected chi connectivity index (χ3v) is 3.72. The van der Waals surface area contributed by atoms with Gasteiger partial charge in [0.2, 0.25) is 0 Å². The molecule has 1 saturated carbocycles. The monoisotopic (exact) mass is 232 g/mol. The second-order valence-corrected chi connectivity index (χ2v) is 5.02. The average Bonchev–Trinajstić information content (AvgIpc) is 3.20. The molecule has 0 bridgehead atoms. The molecule has 1 aromatic rings. The average molecular weight is 232 g/mol. The van der Waals surface area contributed by atoms with Crippen molar-refractivity contribution < 1.29 is 0 Å². The maximum Gasteiger partial charge on any atom is 0.0424 e. The standard InChI is InChI=1S/C15H24N2/c1-3-12-5-7-13(8-6-12)15(16)11-17(4-2)14-9-10-14/h5-8,14-15H,3-4,9-11,16H2,1-2H3. The number of likely N-dealkylation sites (N-methyl/N-ethyl adjacent to an activating group) is 1. The van der Waals surface area contributed by atoms with Gasteiger partial charge in [-0.05, 0) is 36.9 Å². The number of benzene rings is 1. The van der Waals surface area contributed by atoms with Gasteiger partial charge in [-0.25, -0.2) is 0 Å². The Bertz CT molecular complexity index is 340. The van der Waals surface area contributed by atoms with Crippen LogP contribution in [0.1, 0.15) is 43.9 Å². The summed E-state index contributed by atoms with van der Waals surface area (Å²) in [5.74, 6) is 0. The highest BCUT2D eigenvalue weighted by Gasteiger charge is 2.28. The zero-order chi connectivity index (χ0) is 12.3. The summed E-state index contributed by atoms with van der Waals surface area (Å²) in [4.78, 5) is 2.51. The lowest BCUT2D eigenvalue weighted by Crippen LogP contribution is -2.33. The smallest absolute Gasteiger partial charge is 0.0424 e. The third-order valence-electron chi connectivity index (χ3n) is 3.72. The molecule has 2 rings (SSSR count). The van der Waals surface area contributed by atoms with Crippen LogP contribution in [0.4, 0.5) is 0 Å². The van der Waals surface area contributed by atoms with Gasteiger partial charge < -0.3 is 5.73 Å². The van der Waals surface area contributed by atoms with E-state index in [1.807, 2.05) is 0 Å². The van der Waals surface area contributed by atoms with E-state index in [2.05, 4.69) is 43.0 Å². The molecule has 0 aliphatic heterocycles. The number of aryl methyl sites for hydroxylation is 1. The molecule has 1 aliphatic carbocycles. The zero-order valence-electron chi connectivity index (χ0n) is 11.0. The van der Waals surface area contributed by atoms with Crippen LogP contribution in [-0.4, -0.2) is 24.0 Å². The molecule has 1 aromatic carbocycles. The first-order valence-electron chi connectivity index (χ1n) is 6.83. The van der Waals surface area contributed by atoms with Crippen molar-refractivity contribution >= 4 is 0 Å². The van der Waals surface area contributed by atoms with Crippen molar-refractivity contribution in [1.29, 1.82) is 0 Å². The van der Waals surface area contributed by atoms with Gasteiger partial charge in [0.15, 0.2) is 0 Å². The minimum atomic E-state index is 0.154. The van der Waals surface area contributed by atoms with Crippen LogP contribution < -0.4 is 5.73 Å². The Morgan fingerprint density at radius 2 is 1.88 bits per heavy atom. The number of rotatable bonds is 6. The van der Waals surface area contributed by atoms with Crippen LogP contribution in [-0.2, 0) is 6.42 Å². The highest BCUT2D eigenvalue weighted by Crippen LogP contribution is 2.28. The summed E-state index contributed by atoms with van der Waals surface area (Å²) in [6.45, 7) is 6.52. The van der Waals surface area contributed by atoms with Gasteiger partial charge in [-0.3, -0.25) is 4.90 Å². The van der Waals surface area contributed by atoms with Crippen molar-refractivity contribution in [2.45, 2.75) is 45.2 Å². The Morgan fingerprint density at radius 1 is 1.24 bits per heavy atom. The molecule has 0 heterocycles. The second-order valence-electron chi connectivity index (χ2n) is 5.02. The summed E-state index contributed by atoms with van der Waals surface area (Å²) in [5.41, 5.74) is 8.94. The molecule has 1 atom stereocenters. The van der Waals surface area contributed by atoms with Crippen LogP contribution in [0.15, 0.2) is 24.3 Å². The molecule has 1 unspecified atom stereocenters. The molecule has 17 heavy (non-hydrogen) atoms. The maximum absolute atomic E-state index is 6.29. The van der Waals surface area contributed by atoms with Gasteiger partial charge in [0.05, 0.1) is 0 Å². The van der Waals surface area contributed by atoms with Crippen LogP contribution >= 0.6 is 0 Å². The fourth-order valence-electron chi connectivity index (χ4n) is 2.33. The molecule has 0 radical (unpaired) electrons. The highest BCUT2D eigenvalue weighted by atomic mass is 15.2. The first kappa shape index (κ1) is 12.6. The molecule has 0 aromatic heterocycles. The Kier molecular flexibility index (Phi) is 4.19. The predicted molar refractivity (Wildman–Crippen MR) is 73.0 cm³/mol. The molecular weight excluding hydrogens is 208 g/mol. The number of hydrogen-bond acceptors (Lipinski definition) is 2. The van der Waals surface area contributed by atoms with Gasteiger partial charge in [0.25, 0.3) is 0 Å². The van der Waals surface area contributed by atoms with Gasteiger partial charge in [-0.2, -0.15) is 0 Å². The van der Waals surface area contributed by atoms with E-state index in [4.69, 9.17) is 5.73 Å². The lowest BCUT2D eigenvalue weighted by molar-refractivity contribution is 0.260. The number of hydrogen-bond donors (Lipinski definition) is 1. The highest BCUT2D eigenvalue weighted by molar-refractivity contribution is 5.25. The molecule has 94 valence electrons. The van der Waals surface area contributed by atoms with Crippen molar-refractivity contribution in [2.24, 2.45) is 5.73 Å². The topological polar surface area (TPSA) is 29.3 Å². The van der Waals surface area contributed by atoms with Crippen LogP contribution in [0.5, 0.6) is 0 Å². The van der Waals surface area contributed by atoms with Gasteiger partial charge in [0.1, 0.15) is 0 Å². The fourth-order valence-corrected chi connectivity index (χ4v) is 2.33. The van der Waals surface area contributed by atoms with E-state index in [1.54, 1.807) is 0 Å². The molecule has 0 saturated heterocycles. The van der Waals surface area contributed by atoms with Gasteiger partial charge in [-0.1, -0.05) is 38.1 Å². The summed E-state index contributed by atoms with van der Waals surface area (Å²) in [6.07, 6.45) is 3.81. The molecule has 1 aliphatic rings. The summed E-state index contributed by atoms with van der Waals surface area (Å²) < 4.78 is 0. The van der Waals surface area contributed by atoms with Gasteiger partial charge in [-0.15, -0.1) is 0 Å². The SMILES string of the molecule is CCc1ccc(C(N)CN(CC)C2CC2)cc1. The first-order chi connectivity index (χ1) is 8.24. The normalized spacial score (nSPS) is 17.4. The van der Waals surface area contributed by atoms with Crippen LogP contribution in [0, 0.1) is 0 Å². The first-order valence-corrected chi connectivity index (χ1v) is 6.83. The minimum Gasteiger partial charge on any atom is -0.323 e. The largest absolute Gasteiger partial charge is 0.323 e. The van der Waals surface area contributed by atoms with Crippen molar-refractivity contribution in [3.63, 3.8) is 0 Å². The molecule has 0 amide bonds. The molecule has 2 heteroatoms. The van der Waals surface area contributed by atoms with Crippen LogP contribution in [0.25, 0.3) is 0 Å². The van der Waals surface area contributed by atoms with Gasteiger partial charge >= 0.3 is 0 Å². The predicted octanol–water partition coefficient (Wildman–Crippen LogP) is 2.73. The van der Waals surface area contributed by atoms with Gasteiger partial charge in [0, 0.05) is 18.6 Å². The third kappa shape index (κ3) is 3.30. The van der Waals surface area contributed by atoms with E-state index in [0.717, 1.165) is 25.6 Å². The summed E-state index contributed by atoms with van der Waals surface area (Å²) in [7, 11) is 0. The van der Waals surface area contributed by atoms with E-state index < -0.39 is 0 Å². The maximum atomic E-state index is 6.29. The van der Waals surface area contributed by atoms with E-state index >= 15 is 0 Å². The quantitative estimate of drug-likeness (QED) is 0.817. The lowest BCUT2D eigenvalue weighted by atomic mass is 10.0. The van der Waals surface area contributed by atoms with Crippen molar-refractivity contribution in [3.8, 4) is 0 Å². The Morgan fingerprint density at radius 3 is 2.35 bits per heavy atom. The summed E-state index contributed by atoms with van der Waals surface area (Å²) >= 11 is 0. The van der Waals surface area contributed by atoms with Crippen molar-refractivity contribution in [3.05, 3.63) is 35.4 Å². The van der Waals surface area contributed by atoms with Crippen LogP contribution in [0.2, 0.25) is 0 Å². The molecular formula is C15H24N2. The number of nitrogens with zero attached hydrogens (tertiary/aromatic N) is 1. The minimum absolute atomic E-state index is 0.154. The van der Waals surface area contributed by atoms with Crippen molar-refractivity contribution in [1.82, 2.24) is 4.90 Å². The van der Waals surface area contributed by atoms with E-state index in [1.165, 1.54) is 24.0 Å². The Labute approximate surface area is 105 Å². The van der Waals surface area contributed by atoms with E-state index in [0.29, 0.717) is 0 Å².